The van der Waals surface area contributed by atoms with Gasteiger partial charge in [-0.05, 0) is 17.3 Å². The van der Waals surface area contributed by atoms with Gasteiger partial charge in [-0.15, -0.1) is 0 Å². The fraction of sp³-hybridized carbons (Fsp3) is 0.500. The van der Waals surface area contributed by atoms with Crippen LogP contribution in [-0.2, 0) is 6.42 Å². The van der Waals surface area contributed by atoms with Crippen molar-refractivity contribution in [2.24, 2.45) is 5.41 Å². The predicted molar refractivity (Wildman–Crippen MR) is 63.1 cm³/mol. The predicted octanol–water partition coefficient (Wildman–Crippen LogP) is 2.10. The topological polar surface area (TPSA) is 20.2 Å². The van der Waals surface area contributed by atoms with E-state index in [0.717, 1.165) is 11.9 Å². The van der Waals surface area contributed by atoms with Gasteiger partial charge in [0.1, 0.15) is 0 Å². The molecule has 1 rings (SSSR count). The molecule has 0 spiro atoms. The van der Waals surface area contributed by atoms with Gasteiger partial charge in [0.25, 0.3) is 0 Å². The second-order valence-electron chi connectivity index (χ2n) is 5.11. The Balaban J connectivity index is 2.96. The van der Waals surface area contributed by atoms with Gasteiger partial charge in [-0.2, -0.15) is 0 Å². The monoisotopic (exact) mass is 190 g/mol. The van der Waals surface area contributed by atoms with Crippen molar-refractivity contribution in [1.82, 2.24) is 0 Å². The van der Waals surface area contributed by atoms with Crippen molar-refractivity contribution in [3.8, 4) is 0 Å². The van der Waals surface area contributed by atoms with Crippen LogP contribution in [0.3, 0.4) is 0 Å². The summed E-state index contributed by atoms with van der Waals surface area (Å²) in [6, 6.07) is 8.13. The minimum Gasteiger partial charge on any atom is -0.446 e. The molecule has 0 fully saturated rings. The average Bonchev–Trinajstić information content (AvgIpc) is 2.01. The van der Waals surface area contributed by atoms with E-state index in [0.29, 0.717) is 0 Å². The van der Waals surface area contributed by atoms with Crippen molar-refractivity contribution in [2.45, 2.75) is 34.0 Å². The molecule has 14 heavy (non-hydrogen) atoms. The van der Waals surface area contributed by atoms with Crippen LogP contribution in [0.1, 0.15) is 26.3 Å². The second-order valence-corrected chi connectivity index (χ2v) is 5.11. The summed E-state index contributed by atoms with van der Waals surface area (Å²) >= 11 is 0. The van der Waals surface area contributed by atoms with Crippen molar-refractivity contribution in [3.05, 3.63) is 29.8 Å². The lowest BCUT2D eigenvalue weighted by Crippen LogP contribution is -2.31. The highest BCUT2D eigenvalue weighted by atomic mass is 16.2. The molecular formula is C12H19BO. The Morgan fingerprint density at radius 1 is 1.21 bits per heavy atom. The van der Waals surface area contributed by atoms with E-state index >= 15 is 0 Å². The SMILES string of the molecule is CB(O)c1ccccc1CC(C)(C)C. The Kier molecular flexibility index (Phi) is 3.38. The largest absolute Gasteiger partial charge is 0.446 e. The van der Waals surface area contributed by atoms with Gasteiger partial charge in [-0.3, -0.25) is 0 Å². The van der Waals surface area contributed by atoms with E-state index in [4.69, 9.17) is 0 Å². The lowest BCUT2D eigenvalue weighted by Gasteiger charge is -2.20. The zero-order valence-corrected chi connectivity index (χ0v) is 9.54. The van der Waals surface area contributed by atoms with Crippen LogP contribution in [0.5, 0.6) is 0 Å². The van der Waals surface area contributed by atoms with E-state index < -0.39 is 0 Å². The molecule has 0 bridgehead atoms. The molecule has 0 heterocycles. The van der Waals surface area contributed by atoms with Crippen molar-refractivity contribution < 1.29 is 5.02 Å². The highest BCUT2D eigenvalue weighted by Gasteiger charge is 2.17. The first-order chi connectivity index (χ1) is 6.40. The van der Waals surface area contributed by atoms with Crippen LogP contribution in [0, 0.1) is 5.41 Å². The van der Waals surface area contributed by atoms with Crippen molar-refractivity contribution in [3.63, 3.8) is 0 Å². The van der Waals surface area contributed by atoms with Crippen molar-refractivity contribution >= 4 is 12.4 Å². The second kappa shape index (κ2) is 4.18. The number of rotatable bonds is 2. The average molecular weight is 190 g/mol. The summed E-state index contributed by atoms with van der Waals surface area (Å²) in [5.74, 6) is 0. The molecule has 1 N–H and O–H groups in total. The molecule has 0 saturated carbocycles. The van der Waals surface area contributed by atoms with E-state index in [9.17, 15) is 5.02 Å². The summed E-state index contributed by atoms with van der Waals surface area (Å²) in [6.07, 6.45) is 1.01. The normalized spacial score (nSPS) is 11.5. The molecule has 0 aliphatic carbocycles. The number of benzene rings is 1. The molecule has 0 saturated heterocycles. The summed E-state index contributed by atoms with van der Waals surface area (Å²) < 4.78 is 0. The van der Waals surface area contributed by atoms with Gasteiger partial charge in [0, 0.05) is 0 Å². The first-order valence-corrected chi connectivity index (χ1v) is 5.16. The summed E-state index contributed by atoms with van der Waals surface area (Å²) in [5.41, 5.74) is 2.59. The van der Waals surface area contributed by atoms with Crippen molar-refractivity contribution in [1.29, 1.82) is 0 Å². The third kappa shape index (κ3) is 3.19. The zero-order chi connectivity index (χ0) is 10.8. The first kappa shape index (κ1) is 11.3. The Labute approximate surface area is 87.3 Å². The maximum absolute atomic E-state index is 9.60. The fourth-order valence-electron chi connectivity index (χ4n) is 1.67. The van der Waals surface area contributed by atoms with Gasteiger partial charge >= 0.3 is 6.92 Å². The maximum Gasteiger partial charge on any atom is 0.320 e. The van der Waals surface area contributed by atoms with Crippen LogP contribution < -0.4 is 5.46 Å². The smallest absolute Gasteiger partial charge is 0.320 e. The van der Waals surface area contributed by atoms with Crippen LogP contribution in [0.25, 0.3) is 0 Å². The highest BCUT2D eigenvalue weighted by molar-refractivity contribution is 6.65. The summed E-state index contributed by atoms with van der Waals surface area (Å²) in [6.45, 7) is 8.10. The molecular weight excluding hydrogens is 171 g/mol. The quantitative estimate of drug-likeness (QED) is 0.708. The summed E-state index contributed by atoms with van der Waals surface area (Å²) in [7, 11) is 0. The third-order valence-electron chi connectivity index (χ3n) is 2.23. The van der Waals surface area contributed by atoms with Gasteiger partial charge in [0.2, 0.25) is 0 Å². The van der Waals surface area contributed by atoms with Crippen LogP contribution in [-0.4, -0.2) is 11.9 Å². The van der Waals surface area contributed by atoms with E-state index in [-0.39, 0.29) is 12.3 Å². The van der Waals surface area contributed by atoms with Gasteiger partial charge in [-0.1, -0.05) is 57.4 Å². The van der Waals surface area contributed by atoms with Gasteiger partial charge in [-0.25, -0.2) is 0 Å². The third-order valence-corrected chi connectivity index (χ3v) is 2.23. The van der Waals surface area contributed by atoms with Crippen LogP contribution in [0.2, 0.25) is 6.82 Å². The molecule has 0 radical (unpaired) electrons. The molecule has 2 heteroatoms. The Bertz CT molecular complexity index is 299. The molecule has 0 unspecified atom stereocenters. The molecule has 0 amide bonds. The van der Waals surface area contributed by atoms with E-state index in [1.165, 1.54) is 5.56 Å². The van der Waals surface area contributed by atoms with Gasteiger partial charge < -0.3 is 5.02 Å². The Hall–Kier alpha value is -0.755. The van der Waals surface area contributed by atoms with Gasteiger partial charge in [0.05, 0.1) is 0 Å². The summed E-state index contributed by atoms with van der Waals surface area (Å²) in [4.78, 5) is 0. The molecule has 0 aliphatic heterocycles. The van der Waals surface area contributed by atoms with Crippen molar-refractivity contribution in [2.75, 3.05) is 0 Å². The molecule has 0 aliphatic rings. The zero-order valence-electron chi connectivity index (χ0n) is 9.54. The van der Waals surface area contributed by atoms with Crippen LogP contribution in [0.15, 0.2) is 24.3 Å². The highest BCUT2D eigenvalue weighted by Crippen LogP contribution is 2.19. The van der Waals surface area contributed by atoms with Crippen LogP contribution in [0.4, 0.5) is 0 Å². The lowest BCUT2D eigenvalue weighted by molar-refractivity contribution is 0.412. The van der Waals surface area contributed by atoms with E-state index in [2.05, 4.69) is 26.8 Å². The lowest BCUT2D eigenvalue weighted by atomic mass is 9.61. The Morgan fingerprint density at radius 2 is 1.79 bits per heavy atom. The number of hydrogen-bond acceptors (Lipinski definition) is 1. The van der Waals surface area contributed by atoms with Gasteiger partial charge in [0.15, 0.2) is 0 Å². The molecule has 1 aromatic carbocycles. The first-order valence-electron chi connectivity index (χ1n) is 5.16. The molecule has 0 atom stereocenters. The van der Waals surface area contributed by atoms with E-state index in [1.807, 2.05) is 25.0 Å². The number of hydrogen-bond donors (Lipinski definition) is 1. The van der Waals surface area contributed by atoms with E-state index in [1.54, 1.807) is 0 Å². The maximum atomic E-state index is 9.60. The molecule has 76 valence electrons. The standard InChI is InChI=1S/C12H19BO/c1-12(2,3)9-10-7-5-6-8-11(10)13(4)14/h5-8,14H,9H2,1-4H3. The molecule has 1 nitrogen and oxygen atoms in total. The molecule has 1 aromatic rings. The summed E-state index contributed by atoms with van der Waals surface area (Å²) in [5, 5.41) is 9.60. The minimum absolute atomic E-state index is 0.269. The van der Waals surface area contributed by atoms with Crippen LogP contribution >= 0.6 is 0 Å². The molecule has 0 aromatic heterocycles. The Morgan fingerprint density at radius 3 is 2.29 bits per heavy atom. The fourth-order valence-corrected chi connectivity index (χ4v) is 1.67. The minimum atomic E-state index is -0.367.